The Hall–Kier alpha value is -1.38. The lowest BCUT2D eigenvalue weighted by molar-refractivity contribution is 0.314. The second kappa shape index (κ2) is 5.78. The van der Waals surface area contributed by atoms with Gasteiger partial charge < -0.3 is 0 Å². The monoisotopic (exact) mass is 324 g/mol. The van der Waals surface area contributed by atoms with Crippen molar-refractivity contribution in [2.24, 2.45) is 0 Å². The summed E-state index contributed by atoms with van der Waals surface area (Å²) in [5, 5.41) is 0. The van der Waals surface area contributed by atoms with E-state index in [9.17, 15) is 8.42 Å². The molecule has 0 amide bonds. The molecule has 3 rings (SSSR count). The molecule has 1 fully saturated rings. The van der Waals surface area contributed by atoms with Crippen molar-refractivity contribution < 1.29 is 8.42 Å². The summed E-state index contributed by atoms with van der Waals surface area (Å²) in [6.45, 7) is 1.08. The maximum Gasteiger partial charge on any atom is 0.211 e. The topological polar surface area (TPSA) is 76.1 Å². The van der Waals surface area contributed by atoms with E-state index in [2.05, 4.69) is 15.0 Å². The van der Waals surface area contributed by atoms with Crippen LogP contribution in [0.3, 0.4) is 0 Å². The van der Waals surface area contributed by atoms with Crippen molar-refractivity contribution in [3.63, 3.8) is 0 Å². The molecule has 0 bridgehead atoms. The standard InChI is InChI=1S/C13H16N4O2S2/c1-21(18,19)17-4-2-3-10(8-17)11-5-14-6-12(16-11)13-7-15-9-20-13/h5-7,9-10H,2-4,8H2,1H3. The first kappa shape index (κ1) is 14.6. The second-order valence-corrected chi connectivity index (χ2v) is 8.02. The van der Waals surface area contributed by atoms with Crippen LogP contribution < -0.4 is 0 Å². The summed E-state index contributed by atoms with van der Waals surface area (Å²) in [6.07, 6.45) is 8.27. The van der Waals surface area contributed by atoms with Gasteiger partial charge in [0.05, 0.1) is 28.5 Å². The Labute approximate surface area is 127 Å². The number of hydrogen-bond donors (Lipinski definition) is 0. The van der Waals surface area contributed by atoms with Crippen LogP contribution >= 0.6 is 11.3 Å². The summed E-state index contributed by atoms with van der Waals surface area (Å²) in [4.78, 5) is 13.9. The summed E-state index contributed by atoms with van der Waals surface area (Å²) in [6, 6.07) is 0. The van der Waals surface area contributed by atoms with Crippen LogP contribution in [0.15, 0.2) is 24.1 Å². The Bertz CT molecular complexity index is 716. The van der Waals surface area contributed by atoms with Crippen molar-refractivity contribution in [2.45, 2.75) is 18.8 Å². The zero-order valence-corrected chi connectivity index (χ0v) is 13.3. The number of nitrogens with zero attached hydrogens (tertiary/aromatic N) is 4. The number of sulfonamides is 1. The fourth-order valence-electron chi connectivity index (χ4n) is 2.52. The highest BCUT2D eigenvalue weighted by atomic mass is 32.2. The second-order valence-electron chi connectivity index (χ2n) is 5.16. The molecule has 0 aromatic carbocycles. The van der Waals surface area contributed by atoms with Gasteiger partial charge in [-0.3, -0.25) is 9.97 Å². The predicted octanol–water partition coefficient (Wildman–Crippen LogP) is 1.74. The highest BCUT2D eigenvalue weighted by molar-refractivity contribution is 7.88. The summed E-state index contributed by atoms with van der Waals surface area (Å²) in [7, 11) is -3.14. The molecular formula is C13H16N4O2S2. The van der Waals surface area contributed by atoms with E-state index >= 15 is 0 Å². The lowest BCUT2D eigenvalue weighted by Crippen LogP contribution is -2.38. The predicted molar refractivity (Wildman–Crippen MR) is 81.5 cm³/mol. The van der Waals surface area contributed by atoms with E-state index in [1.807, 2.05) is 0 Å². The van der Waals surface area contributed by atoms with E-state index in [0.29, 0.717) is 13.1 Å². The molecule has 0 radical (unpaired) electrons. The molecule has 0 spiro atoms. The van der Waals surface area contributed by atoms with Gasteiger partial charge in [0, 0.05) is 31.4 Å². The van der Waals surface area contributed by atoms with Gasteiger partial charge in [-0.15, -0.1) is 11.3 Å². The fourth-order valence-corrected chi connectivity index (χ4v) is 4.01. The molecule has 2 aromatic heterocycles. The minimum Gasteiger partial charge on any atom is -0.261 e. The molecule has 21 heavy (non-hydrogen) atoms. The summed E-state index contributed by atoms with van der Waals surface area (Å²) in [5.74, 6) is 0.105. The molecule has 6 nitrogen and oxygen atoms in total. The molecule has 1 atom stereocenters. The average molecular weight is 324 g/mol. The Morgan fingerprint density at radius 2 is 2.14 bits per heavy atom. The fraction of sp³-hybridized carbons (Fsp3) is 0.462. The van der Waals surface area contributed by atoms with Gasteiger partial charge in [-0.05, 0) is 12.8 Å². The van der Waals surface area contributed by atoms with E-state index in [1.54, 1.807) is 24.1 Å². The van der Waals surface area contributed by atoms with Gasteiger partial charge >= 0.3 is 0 Å². The molecule has 1 saturated heterocycles. The highest BCUT2D eigenvalue weighted by Gasteiger charge is 2.27. The summed E-state index contributed by atoms with van der Waals surface area (Å²) in [5.41, 5.74) is 3.41. The van der Waals surface area contributed by atoms with Crippen LogP contribution in [0.2, 0.25) is 0 Å². The maximum absolute atomic E-state index is 11.7. The summed E-state index contributed by atoms with van der Waals surface area (Å²) < 4.78 is 24.9. The molecule has 8 heteroatoms. The molecule has 1 unspecified atom stereocenters. The van der Waals surface area contributed by atoms with Crippen molar-refractivity contribution in [2.75, 3.05) is 19.3 Å². The van der Waals surface area contributed by atoms with Crippen molar-refractivity contribution in [3.05, 3.63) is 29.8 Å². The Morgan fingerprint density at radius 1 is 1.29 bits per heavy atom. The van der Waals surface area contributed by atoms with Gasteiger partial charge in [0.1, 0.15) is 5.69 Å². The van der Waals surface area contributed by atoms with E-state index in [4.69, 9.17) is 0 Å². The van der Waals surface area contributed by atoms with Crippen LogP contribution in [0.1, 0.15) is 24.5 Å². The molecule has 112 valence electrons. The number of aromatic nitrogens is 3. The van der Waals surface area contributed by atoms with Crippen LogP contribution in [0.4, 0.5) is 0 Å². The molecule has 1 aliphatic heterocycles. The van der Waals surface area contributed by atoms with Gasteiger partial charge in [0.15, 0.2) is 0 Å². The lowest BCUT2D eigenvalue weighted by Gasteiger charge is -2.30. The number of rotatable bonds is 3. The first-order valence-corrected chi connectivity index (χ1v) is 9.43. The normalized spacial score (nSPS) is 20.5. The molecular weight excluding hydrogens is 308 g/mol. The van der Waals surface area contributed by atoms with Gasteiger partial charge in [-0.2, -0.15) is 0 Å². The van der Waals surface area contributed by atoms with E-state index in [0.717, 1.165) is 29.1 Å². The van der Waals surface area contributed by atoms with Crippen molar-refractivity contribution in [1.29, 1.82) is 0 Å². The molecule has 1 aliphatic rings. The third-order valence-corrected chi connectivity index (χ3v) is 5.67. The third-order valence-electron chi connectivity index (χ3n) is 3.61. The van der Waals surface area contributed by atoms with Crippen LogP contribution in [0.5, 0.6) is 0 Å². The van der Waals surface area contributed by atoms with Crippen LogP contribution in [-0.4, -0.2) is 47.0 Å². The molecule has 0 saturated carbocycles. The van der Waals surface area contributed by atoms with Gasteiger partial charge in [-0.1, -0.05) is 0 Å². The van der Waals surface area contributed by atoms with E-state index in [1.165, 1.54) is 21.9 Å². The molecule has 3 heterocycles. The van der Waals surface area contributed by atoms with Gasteiger partial charge in [-0.25, -0.2) is 17.7 Å². The first-order valence-electron chi connectivity index (χ1n) is 6.70. The van der Waals surface area contributed by atoms with Crippen molar-refractivity contribution >= 4 is 21.4 Å². The smallest absolute Gasteiger partial charge is 0.211 e. The zero-order chi connectivity index (χ0) is 14.9. The number of hydrogen-bond acceptors (Lipinski definition) is 6. The minimum atomic E-state index is -3.14. The number of piperidine rings is 1. The minimum absolute atomic E-state index is 0.105. The van der Waals surface area contributed by atoms with E-state index < -0.39 is 10.0 Å². The maximum atomic E-state index is 11.7. The molecule has 2 aromatic rings. The molecule has 0 aliphatic carbocycles. The van der Waals surface area contributed by atoms with Crippen molar-refractivity contribution in [1.82, 2.24) is 19.3 Å². The quantitative estimate of drug-likeness (QED) is 0.859. The number of thiazole rings is 1. The Kier molecular flexibility index (Phi) is 4.01. The van der Waals surface area contributed by atoms with Crippen LogP contribution in [0.25, 0.3) is 10.6 Å². The van der Waals surface area contributed by atoms with Crippen LogP contribution in [0, 0.1) is 0 Å². The Balaban J connectivity index is 1.85. The summed E-state index contributed by atoms with van der Waals surface area (Å²) >= 11 is 1.52. The van der Waals surface area contributed by atoms with E-state index in [-0.39, 0.29) is 5.92 Å². The largest absolute Gasteiger partial charge is 0.261 e. The van der Waals surface area contributed by atoms with Gasteiger partial charge in [0.25, 0.3) is 0 Å². The van der Waals surface area contributed by atoms with Gasteiger partial charge in [0.2, 0.25) is 10.0 Å². The zero-order valence-electron chi connectivity index (χ0n) is 11.6. The lowest BCUT2D eigenvalue weighted by atomic mass is 9.96. The average Bonchev–Trinajstić information content (AvgIpc) is 3.01. The highest BCUT2D eigenvalue weighted by Crippen LogP contribution is 2.28. The van der Waals surface area contributed by atoms with Crippen molar-refractivity contribution in [3.8, 4) is 10.6 Å². The third kappa shape index (κ3) is 3.28. The first-order chi connectivity index (χ1) is 10.0. The SMILES string of the molecule is CS(=O)(=O)N1CCCC(c2cncc(-c3cncs3)n2)C1. The van der Waals surface area contributed by atoms with Crippen LogP contribution in [-0.2, 0) is 10.0 Å². The Morgan fingerprint density at radius 3 is 2.86 bits per heavy atom. The molecule has 0 N–H and O–H groups in total.